The number of halogens is 1. The second-order valence-electron chi connectivity index (χ2n) is 7.64. The number of H-pyrrole nitrogens is 1. The standard InChI is InChI=1S/C21H27FN4O3/c1-14-13-25(9-10-29-14)19-12-20(27)24-21(23-19)26-8-7-16(22)17(26)11-15-5-3-4-6-18(15)28-2/h3-6,12,14,16-17H,7-11,13H2,1-2H3,(H,23,24,27)/t14-,16+,17+/m1/s1. The van der Waals surface area contributed by atoms with Crippen LogP contribution in [0.4, 0.5) is 16.2 Å². The van der Waals surface area contributed by atoms with Crippen LogP contribution in [0.5, 0.6) is 5.75 Å². The number of aromatic amines is 1. The molecular formula is C21H27FN4O3. The second-order valence-corrected chi connectivity index (χ2v) is 7.64. The Labute approximate surface area is 169 Å². The van der Waals surface area contributed by atoms with Gasteiger partial charge in [0.25, 0.3) is 5.56 Å². The predicted octanol–water partition coefficient (Wildman–Crippen LogP) is 2.16. The van der Waals surface area contributed by atoms with Gasteiger partial charge in [0.1, 0.15) is 17.7 Å². The van der Waals surface area contributed by atoms with Crippen molar-refractivity contribution >= 4 is 11.8 Å². The quantitative estimate of drug-likeness (QED) is 0.827. The predicted molar refractivity (Wildman–Crippen MR) is 110 cm³/mol. The number of nitrogens with zero attached hydrogens (tertiary/aromatic N) is 3. The summed E-state index contributed by atoms with van der Waals surface area (Å²) in [7, 11) is 1.62. The third-order valence-electron chi connectivity index (χ3n) is 5.64. The van der Waals surface area contributed by atoms with Crippen LogP contribution in [0.2, 0.25) is 0 Å². The molecular weight excluding hydrogens is 375 g/mol. The Morgan fingerprint density at radius 1 is 1.34 bits per heavy atom. The molecule has 0 saturated carbocycles. The number of ether oxygens (including phenoxy) is 2. The first-order valence-electron chi connectivity index (χ1n) is 10.1. The summed E-state index contributed by atoms with van der Waals surface area (Å²) >= 11 is 0. The lowest BCUT2D eigenvalue weighted by Crippen LogP contribution is -2.43. The van der Waals surface area contributed by atoms with Gasteiger partial charge in [-0.15, -0.1) is 0 Å². The van der Waals surface area contributed by atoms with Gasteiger partial charge < -0.3 is 19.3 Å². The van der Waals surface area contributed by atoms with Crippen LogP contribution in [0.25, 0.3) is 0 Å². The third-order valence-corrected chi connectivity index (χ3v) is 5.64. The lowest BCUT2D eigenvalue weighted by Gasteiger charge is -2.33. The number of nitrogens with one attached hydrogen (secondary N) is 1. The maximum absolute atomic E-state index is 14.8. The zero-order valence-corrected chi connectivity index (χ0v) is 16.8. The molecule has 2 aliphatic rings. The lowest BCUT2D eigenvalue weighted by molar-refractivity contribution is 0.0529. The van der Waals surface area contributed by atoms with Crippen LogP contribution in [-0.2, 0) is 11.2 Å². The van der Waals surface area contributed by atoms with Crippen LogP contribution in [0.15, 0.2) is 35.1 Å². The van der Waals surface area contributed by atoms with Crippen molar-refractivity contribution < 1.29 is 13.9 Å². The number of benzene rings is 1. The number of hydrogen-bond donors (Lipinski definition) is 1. The van der Waals surface area contributed by atoms with Crippen molar-refractivity contribution in [3.8, 4) is 5.75 Å². The summed E-state index contributed by atoms with van der Waals surface area (Å²) in [5.74, 6) is 1.77. The Balaban J connectivity index is 1.61. The topological polar surface area (TPSA) is 70.7 Å². The minimum absolute atomic E-state index is 0.0774. The number of rotatable bonds is 5. The molecule has 0 aliphatic carbocycles. The summed E-state index contributed by atoms with van der Waals surface area (Å²) in [4.78, 5) is 23.8. The van der Waals surface area contributed by atoms with Gasteiger partial charge in [-0.05, 0) is 31.4 Å². The highest BCUT2D eigenvalue weighted by atomic mass is 19.1. The Kier molecular flexibility index (Phi) is 5.71. The molecule has 0 radical (unpaired) electrons. The fourth-order valence-electron chi connectivity index (χ4n) is 4.17. The molecule has 2 fully saturated rings. The van der Waals surface area contributed by atoms with Crippen molar-refractivity contribution in [3.05, 3.63) is 46.2 Å². The van der Waals surface area contributed by atoms with E-state index in [1.165, 1.54) is 6.07 Å². The van der Waals surface area contributed by atoms with Gasteiger partial charge >= 0.3 is 0 Å². The van der Waals surface area contributed by atoms with Crippen LogP contribution in [0, 0.1) is 0 Å². The Morgan fingerprint density at radius 3 is 2.97 bits per heavy atom. The SMILES string of the molecule is COc1ccccc1C[C@H]1[C@@H](F)CCN1c1nc(N2CCO[C@H](C)C2)cc(=O)[nH]1. The first-order chi connectivity index (χ1) is 14.0. The minimum atomic E-state index is -1.00. The van der Waals surface area contributed by atoms with Gasteiger partial charge in [-0.1, -0.05) is 18.2 Å². The average molecular weight is 402 g/mol. The summed E-state index contributed by atoms with van der Waals surface area (Å²) in [6.07, 6.45) is -0.0402. The molecule has 4 rings (SSSR count). The van der Waals surface area contributed by atoms with E-state index in [1.54, 1.807) is 7.11 Å². The second kappa shape index (κ2) is 8.41. The number of methoxy groups -OCH3 is 1. The molecule has 29 heavy (non-hydrogen) atoms. The van der Waals surface area contributed by atoms with E-state index >= 15 is 0 Å². The number of aromatic nitrogens is 2. The summed E-state index contributed by atoms with van der Waals surface area (Å²) in [5, 5.41) is 0. The number of morpholine rings is 1. The molecule has 3 atom stereocenters. The molecule has 1 N–H and O–H groups in total. The fraction of sp³-hybridized carbons (Fsp3) is 0.524. The smallest absolute Gasteiger partial charge is 0.254 e. The molecule has 156 valence electrons. The van der Waals surface area contributed by atoms with Crippen molar-refractivity contribution in [2.24, 2.45) is 0 Å². The van der Waals surface area contributed by atoms with Crippen LogP contribution in [0.3, 0.4) is 0 Å². The van der Waals surface area contributed by atoms with Crippen LogP contribution >= 0.6 is 0 Å². The molecule has 2 aromatic rings. The van der Waals surface area contributed by atoms with Gasteiger partial charge in [-0.25, -0.2) is 4.39 Å². The van der Waals surface area contributed by atoms with Crippen LogP contribution in [-0.4, -0.2) is 61.6 Å². The van der Waals surface area contributed by atoms with Crippen LogP contribution in [0.1, 0.15) is 18.9 Å². The van der Waals surface area contributed by atoms with E-state index in [2.05, 4.69) is 9.97 Å². The van der Waals surface area contributed by atoms with Gasteiger partial charge in [0, 0.05) is 25.7 Å². The maximum atomic E-state index is 14.8. The van der Waals surface area contributed by atoms with E-state index in [1.807, 2.05) is 41.0 Å². The van der Waals surface area contributed by atoms with Crippen molar-refractivity contribution in [3.63, 3.8) is 0 Å². The first kappa shape index (κ1) is 19.7. The molecule has 0 bridgehead atoms. The lowest BCUT2D eigenvalue weighted by atomic mass is 10.0. The largest absolute Gasteiger partial charge is 0.496 e. The molecule has 2 saturated heterocycles. The zero-order valence-electron chi connectivity index (χ0n) is 16.8. The summed E-state index contributed by atoms with van der Waals surface area (Å²) in [6, 6.07) is 8.73. The molecule has 0 spiro atoms. The number of para-hydroxylation sites is 1. The molecule has 1 aromatic carbocycles. The molecule has 1 aromatic heterocycles. The van der Waals surface area contributed by atoms with Crippen molar-refractivity contribution in [1.82, 2.24) is 9.97 Å². The van der Waals surface area contributed by atoms with Gasteiger partial charge in [0.05, 0.1) is 25.9 Å². The summed E-state index contributed by atoms with van der Waals surface area (Å²) in [5.41, 5.74) is 0.706. The third kappa shape index (κ3) is 4.22. The van der Waals surface area contributed by atoms with E-state index in [0.29, 0.717) is 50.8 Å². The van der Waals surface area contributed by atoms with Crippen molar-refractivity contribution in [2.75, 3.05) is 43.2 Å². The van der Waals surface area contributed by atoms with E-state index in [-0.39, 0.29) is 11.7 Å². The van der Waals surface area contributed by atoms with E-state index in [9.17, 15) is 9.18 Å². The van der Waals surface area contributed by atoms with Crippen LogP contribution < -0.4 is 20.1 Å². The molecule has 7 nitrogen and oxygen atoms in total. The minimum Gasteiger partial charge on any atom is -0.496 e. The molecule has 3 heterocycles. The highest BCUT2D eigenvalue weighted by Crippen LogP contribution is 2.30. The summed E-state index contributed by atoms with van der Waals surface area (Å²) in [6.45, 7) is 4.45. The van der Waals surface area contributed by atoms with Crippen molar-refractivity contribution in [2.45, 2.75) is 38.1 Å². The Bertz CT molecular complexity index is 905. The van der Waals surface area contributed by atoms with Gasteiger partial charge in [-0.2, -0.15) is 4.98 Å². The van der Waals surface area contributed by atoms with Gasteiger partial charge in [0.2, 0.25) is 5.95 Å². The normalized spacial score (nSPS) is 24.7. The Morgan fingerprint density at radius 2 is 2.17 bits per heavy atom. The molecule has 0 unspecified atom stereocenters. The monoisotopic (exact) mass is 402 g/mol. The zero-order chi connectivity index (χ0) is 20.4. The molecule has 8 heteroatoms. The van der Waals surface area contributed by atoms with E-state index in [0.717, 1.165) is 11.3 Å². The van der Waals surface area contributed by atoms with Gasteiger partial charge in [0.15, 0.2) is 0 Å². The fourth-order valence-corrected chi connectivity index (χ4v) is 4.17. The van der Waals surface area contributed by atoms with Crippen molar-refractivity contribution in [1.29, 1.82) is 0 Å². The first-order valence-corrected chi connectivity index (χ1v) is 10.1. The number of hydrogen-bond acceptors (Lipinski definition) is 6. The average Bonchev–Trinajstić information content (AvgIpc) is 3.08. The Hall–Kier alpha value is -2.61. The van der Waals surface area contributed by atoms with E-state index in [4.69, 9.17) is 9.47 Å². The van der Waals surface area contributed by atoms with Gasteiger partial charge in [-0.3, -0.25) is 9.78 Å². The highest BCUT2D eigenvalue weighted by molar-refractivity contribution is 5.46. The number of anilines is 2. The van der Waals surface area contributed by atoms with E-state index < -0.39 is 12.2 Å². The molecule has 0 amide bonds. The number of alkyl halides is 1. The molecule has 2 aliphatic heterocycles. The maximum Gasteiger partial charge on any atom is 0.254 e. The summed E-state index contributed by atoms with van der Waals surface area (Å²) < 4.78 is 25.8. The highest BCUT2D eigenvalue weighted by Gasteiger charge is 2.36.